The van der Waals surface area contributed by atoms with Crippen molar-refractivity contribution >= 4 is 5.97 Å². The highest BCUT2D eigenvalue weighted by Crippen LogP contribution is 2.38. The average molecular weight is 291 g/mol. The highest BCUT2D eigenvalue weighted by Gasteiger charge is 2.39. The Hall–Kier alpha value is -2.15. The van der Waals surface area contributed by atoms with Crippen LogP contribution < -0.4 is 0 Å². The number of aromatic nitrogens is 3. The van der Waals surface area contributed by atoms with Gasteiger partial charge in [-0.05, 0) is 32.3 Å². The predicted octanol–water partition coefficient (Wildman–Crippen LogP) is 1.39. The van der Waals surface area contributed by atoms with Crippen molar-refractivity contribution in [1.82, 2.24) is 14.8 Å². The van der Waals surface area contributed by atoms with Gasteiger partial charge in [0.25, 0.3) is 0 Å². The van der Waals surface area contributed by atoms with Crippen LogP contribution in [-0.2, 0) is 16.9 Å². The molecule has 1 fully saturated rings. The quantitative estimate of drug-likeness (QED) is 0.856. The van der Waals surface area contributed by atoms with Crippen molar-refractivity contribution in [2.24, 2.45) is 0 Å². The van der Waals surface area contributed by atoms with E-state index in [1.807, 2.05) is 0 Å². The number of aliphatic hydroxyl groups is 1. The van der Waals surface area contributed by atoms with Crippen LogP contribution in [0.5, 0.6) is 0 Å². The van der Waals surface area contributed by atoms with Crippen molar-refractivity contribution in [2.45, 2.75) is 38.3 Å². The summed E-state index contributed by atoms with van der Waals surface area (Å²) < 4.78 is 11.8. The van der Waals surface area contributed by atoms with E-state index in [9.17, 15) is 9.90 Å². The summed E-state index contributed by atoms with van der Waals surface area (Å²) in [6.07, 6.45) is 3.94. The molecule has 0 aliphatic heterocycles. The Labute approximate surface area is 121 Å². The first kappa shape index (κ1) is 13.8. The molecule has 1 N–H and O–H groups in total. The Morgan fingerprint density at radius 3 is 2.95 bits per heavy atom. The molecular weight excluding hydrogens is 274 g/mol. The zero-order chi connectivity index (χ0) is 15.0. The number of carbonyl (C=O) groups is 1. The number of nitrogens with zero attached hydrogens (tertiary/aromatic N) is 3. The van der Waals surface area contributed by atoms with Crippen LogP contribution in [0, 0.1) is 6.92 Å². The van der Waals surface area contributed by atoms with Crippen LogP contribution >= 0.6 is 0 Å². The van der Waals surface area contributed by atoms with E-state index >= 15 is 0 Å². The molecule has 1 aliphatic carbocycles. The Bertz CT molecular complexity index is 670. The molecule has 21 heavy (non-hydrogen) atoms. The van der Waals surface area contributed by atoms with Crippen molar-refractivity contribution in [3.8, 4) is 0 Å². The van der Waals surface area contributed by atoms with Gasteiger partial charge in [-0.3, -0.25) is 0 Å². The molecular formula is C14H17N3O4. The standard InChI is InChI=1S/C14H17N3O4/c1-9-11(12(18)20-2)6-10(21-9)7-17-8-15-13(16-17)14(19)4-3-5-14/h6,8,19H,3-5,7H2,1-2H3. The molecule has 0 saturated heterocycles. The summed E-state index contributed by atoms with van der Waals surface area (Å²) in [5, 5.41) is 14.5. The van der Waals surface area contributed by atoms with Crippen LogP contribution in [0.1, 0.15) is 47.0 Å². The smallest absolute Gasteiger partial charge is 0.341 e. The summed E-state index contributed by atoms with van der Waals surface area (Å²) in [6.45, 7) is 2.06. The van der Waals surface area contributed by atoms with Gasteiger partial charge in [0.05, 0.1) is 7.11 Å². The number of esters is 1. The maximum atomic E-state index is 11.5. The molecule has 0 aromatic carbocycles. The number of furan rings is 1. The number of rotatable bonds is 4. The Kier molecular flexibility index (Phi) is 3.29. The molecule has 2 aromatic rings. The normalized spacial score (nSPS) is 16.5. The van der Waals surface area contributed by atoms with E-state index < -0.39 is 11.6 Å². The first-order chi connectivity index (χ1) is 10.0. The molecule has 2 aromatic heterocycles. The molecule has 0 atom stereocenters. The Morgan fingerprint density at radius 2 is 2.33 bits per heavy atom. The average Bonchev–Trinajstić information content (AvgIpc) is 3.03. The molecule has 112 valence electrons. The molecule has 0 spiro atoms. The monoisotopic (exact) mass is 291 g/mol. The third kappa shape index (κ3) is 2.44. The summed E-state index contributed by atoms with van der Waals surface area (Å²) >= 11 is 0. The van der Waals surface area contributed by atoms with Crippen LogP contribution in [0.4, 0.5) is 0 Å². The number of hydrogen-bond acceptors (Lipinski definition) is 6. The lowest BCUT2D eigenvalue weighted by Crippen LogP contribution is -2.35. The summed E-state index contributed by atoms with van der Waals surface area (Å²) in [6, 6.07) is 1.64. The maximum absolute atomic E-state index is 11.5. The largest absolute Gasteiger partial charge is 0.465 e. The summed E-state index contributed by atoms with van der Waals surface area (Å²) in [5.74, 6) is 1.12. The fourth-order valence-electron chi connectivity index (χ4n) is 2.41. The molecule has 0 amide bonds. The summed E-state index contributed by atoms with van der Waals surface area (Å²) in [5.41, 5.74) is -0.466. The fraction of sp³-hybridized carbons (Fsp3) is 0.500. The number of carbonyl (C=O) groups excluding carboxylic acids is 1. The summed E-state index contributed by atoms with van der Waals surface area (Å²) in [7, 11) is 1.33. The summed E-state index contributed by atoms with van der Waals surface area (Å²) in [4.78, 5) is 15.7. The third-order valence-electron chi connectivity index (χ3n) is 3.83. The molecule has 0 unspecified atom stereocenters. The van der Waals surface area contributed by atoms with Crippen LogP contribution in [0.3, 0.4) is 0 Å². The van der Waals surface area contributed by atoms with Crippen molar-refractivity contribution in [3.63, 3.8) is 0 Å². The minimum atomic E-state index is -0.874. The first-order valence-corrected chi connectivity index (χ1v) is 6.82. The van der Waals surface area contributed by atoms with Gasteiger partial charge in [-0.15, -0.1) is 0 Å². The molecule has 2 heterocycles. The SMILES string of the molecule is COC(=O)c1cc(Cn2cnc(C3(O)CCC3)n2)oc1C. The van der Waals surface area contributed by atoms with Gasteiger partial charge < -0.3 is 14.3 Å². The van der Waals surface area contributed by atoms with Gasteiger partial charge in [0.1, 0.15) is 35.6 Å². The van der Waals surface area contributed by atoms with Crippen LogP contribution in [0.2, 0.25) is 0 Å². The number of ether oxygens (including phenoxy) is 1. The van der Waals surface area contributed by atoms with Gasteiger partial charge in [0.2, 0.25) is 0 Å². The maximum Gasteiger partial charge on any atom is 0.341 e. The Balaban J connectivity index is 1.76. The highest BCUT2D eigenvalue weighted by molar-refractivity contribution is 5.90. The molecule has 0 bridgehead atoms. The van der Waals surface area contributed by atoms with E-state index in [0.29, 0.717) is 42.3 Å². The molecule has 0 radical (unpaired) electrons. The molecule has 3 rings (SSSR count). The van der Waals surface area contributed by atoms with Gasteiger partial charge in [0, 0.05) is 0 Å². The van der Waals surface area contributed by atoms with E-state index in [0.717, 1.165) is 6.42 Å². The lowest BCUT2D eigenvalue weighted by atomic mass is 9.80. The van der Waals surface area contributed by atoms with E-state index in [4.69, 9.17) is 4.42 Å². The minimum Gasteiger partial charge on any atom is -0.465 e. The second-order valence-electron chi connectivity index (χ2n) is 5.33. The van der Waals surface area contributed by atoms with Gasteiger partial charge in [-0.1, -0.05) is 0 Å². The van der Waals surface area contributed by atoms with Crippen molar-refractivity contribution in [1.29, 1.82) is 0 Å². The second kappa shape index (κ2) is 5.00. The van der Waals surface area contributed by atoms with Crippen LogP contribution in [0.15, 0.2) is 16.8 Å². The molecule has 7 nitrogen and oxygen atoms in total. The molecule has 7 heteroatoms. The minimum absolute atomic E-state index is 0.348. The van der Waals surface area contributed by atoms with Crippen LogP contribution in [0.25, 0.3) is 0 Å². The van der Waals surface area contributed by atoms with Gasteiger partial charge in [0.15, 0.2) is 5.82 Å². The third-order valence-corrected chi connectivity index (χ3v) is 3.83. The van der Waals surface area contributed by atoms with Crippen molar-refractivity contribution in [2.75, 3.05) is 7.11 Å². The predicted molar refractivity (Wildman–Crippen MR) is 71.7 cm³/mol. The van der Waals surface area contributed by atoms with Gasteiger partial charge >= 0.3 is 5.97 Å². The lowest BCUT2D eigenvalue weighted by molar-refractivity contribution is -0.0467. The van der Waals surface area contributed by atoms with Crippen molar-refractivity contribution in [3.05, 3.63) is 35.3 Å². The van der Waals surface area contributed by atoms with E-state index in [1.165, 1.54) is 7.11 Å². The number of hydrogen-bond donors (Lipinski definition) is 1. The molecule has 1 aliphatic rings. The zero-order valence-corrected chi connectivity index (χ0v) is 12.0. The zero-order valence-electron chi connectivity index (χ0n) is 12.0. The molecule has 1 saturated carbocycles. The number of methoxy groups -OCH3 is 1. The van der Waals surface area contributed by atoms with E-state index in [-0.39, 0.29) is 0 Å². The van der Waals surface area contributed by atoms with Crippen molar-refractivity contribution < 1.29 is 19.1 Å². The van der Waals surface area contributed by atoms with Gasteiger partial charge in [-0.25, -0.2) is 14.5 Å². The highest BCUT2D eigenvalue weighted by atomic mass is 16.5. The Morgan fingerprint density at radius 1 is 1.57 bits per heavy atom. The van der Waals surface area contributed by atoms with Gasteiger partial charge in [-0.2, -0.15) is 5.10 Å². The lowest BCUT2D eigenvalue weighted by Gasteiger charge is -2.33. The topological polar surface area (TPSA) is 90.4 Å². The van der Waals surface area contributed by atoms with E-state index in [1.54, 1.807) is 24.0 Å². The second-order valence-corrected chi connectivity index (χ2v) is 5.33. The van der Waals surface area contributed by atoms with E-state index in [2.05, 4.69) is 14.8 Å². The number of aryl methyl sites for hydroxylation is 1. The fourth-order valence-corrected chi connectivity index (χ4v) is 2.41. The van der Waals surface area contributed by atoms with Crippen LogP contribution in [-0.4, -0.2) is 33.0 Å². The first-order valence-electron chi connectivity index (χ1n) is 6.82.